The predicted molar refractivity (Wildman–Crippen MR) is 80.3 cm³/mol. The van der Waals surface area contributed by atoms with E-state index >= 15 is 0 Å². The third-order valence-electron chi connectivity index (χ3n) is 1.43. The number of Topliss-reactive ketones (excluding diaryl/α,β-unsaturated/α-hetero) is 1. The van der Waals surface area contributed by atoms with Gasteiger partial charge in [0.15, 0.2) is 0 Å². The van der Waals surface area contributed by atoms with Crippen LogP contribution in [0.1, 0.15) is 47.1 Å². The summed E-state index contributed by atoms with van der Waals surface area (Å²) in [7, 11) is 0. The Labute approximate surface area is 142 Å². The number of rotatable bonds is 2. The molecule has 0 heterocycles. The summed E-state index contributed by atoms with van der Waals surface area (Å²) < 4.78 is 0. The number of carbonyl (C=O) groups is 1. The summed E-state index contributed by atoms with van der Waals surface area (Å²) in [6.45, 7) is 15.2. The maximum absolute atomic E-state index is 10.8. The van der Waals surface area contributed by atoms with E-state index in [1.165, 1.54) is 0 Å². The van der Waals surface area contributed by atoms with Crippen molar-refractivity contribution < 1.29 is 41.0 Å². The summed E-state index contributed by atoms with van der Waals surface area (Å²) in [5.74, 6) is -0.417. The Morgan fingerprint density at radius 2 is 1.63 bits per heavy atom. The average molecular weight is 488 g/mol. The first-order valence-electron chi connectivity index (χ1n) is 6.43. The molecular formula is C16H26O2U. The third-order valence-corrected chi connectivity index (χ3v) is 1.43. The SMILES string of the molecule is CC.CC.CC.[CH2-]C(=O)/C(=C\O)c1[c-]cccc1.[U+2]. The van der Waals surface area contributed by atoms with Gasteiger partial charge in [-0.25, -0.2) is 0 Å². The van der Waals surface area contributed by atoms with Crippen molar-refractivity contribution in [1.29, 1.82) is 0 Å². The van der Waals surface area contributed by atoms with Gasteiger partial charge in [0, 0.05) is 6.26 Å². The molecule has 1 rings (SSSR count). The van der Waals surface area contributed by atoms with Gasteiger partial charge in [-0.3, -0.25) is 0 Å². The molecule has 0 spiro atoms. The average Bonchev–Trinajstić information content (AvgIpc) is 2.47. The molecule has 2 nitrogen and oxygen atoms in total. The molecule has 0 saturated carbocycles. The fourth-order valence-electron chi connectivity index (χ4n) is 0.853. The van der Waals surface area contributed by atoms with E-state index in [0.29, 0.717) is 5.56 Å². The van der Waals surface area contributed by atoms with Crippen LogP contribution >= 0.6 is 0 Å². The number of benzene rings is 1. The van der Waals surface area contributed by atoms with E-state index in [2.05, 4.69) is 13.0 Å². The van der Waals surface area contributed by atoms with Gasteiger partial charge in [-0.15, -0.1) is 35.9 Å². The Balaban J connectivity index is -0.000000142. The molecule has 19 heavy (non-hydrogen) atoms. The van der Waals surface area contributed by atoms with Crippen molar-refractivity contribution in [2.24, 2.45) is 0 Å². The Morgan fingerprint density at radius 1 is 1.16 bits per heavy atom. The molecule has 106 valence electrons. The fourth-order valence-corrected chi connectivity index (χ4v) is 0.853. The first-order chi connectivity index (χ1) is 8.75. The molecule has 0 fully saturated rings. The van der Waals surface area contributed by atoms with Gasteiger partial charge in [0.05, 0.1) is 5.78 Å². The van der Waals surface area contributed by atoms with Crippen LogP contribution in [0.15, 0.2) is 30.5 Å². The topological polar surface area (TPSA) is 37.3 Å². The number of carbonyl (C=O) groups excluding carboxylic acids is 1. The number of aliphatic hydroxyl groups is 1. The summed E-state index contributed by atoms with van der Waals surface area (Å²) in [6.07, 6.45) is 0.751. The van der Waals surface area contributed by atoms with Gasteiger partial charge < -0.3 is 9.90 Å². The summed E-state index contributed by atoms with van der Waals surface area (Å²) in [4.78, 5) is 10.8. The summed E-state index contributed by atoms with van der Waals surface area (Å²) in [5.41, 5.74) is 0.732. The first kappa shape index (κ1) is 26.8. The zero-order valence-electron chi connectivity index (χ0n) is 12.9. The number of allylic oxidation sites excluding steroid dienone is 1. The molecule has 1 aromatic carbocycles. The van der Waals surface area contributed by atoms with Gasteiger partial charge in [0.25, 0.3) is 0 Å². The molecule has 0 aliphatic carbocycles. The van der Waals surface area contributed by atoms with Crippen molar-refractivity contribution in [1.82, 2.24) is 0 Å². The molecule has 0 radical (unpaired) electrons. The smallest absolute Gasteiger partial charge is 0.525 e. The van der Waals surface area contributed by atoms with E-state index in [1.54, 1.807) is 24.3 Å². The molecule has 0 bridgehead atoms. The monoisotopic (exact) mass is 488 g/mol. The maximum Gasteiger partial charge on any atom is 2.00 e. The second kappa shape index (κ2) is 22.5. The summed E-state index contributed by atoms with van der Waals surface area (Å²) >= 11 is 0. The zero-order chi connectivity index (χ0) is 15.0. The van der Waals surface area contributed by atoms with Crippen LogP contribution in [0.5, 0.6) is 0 Å². The van der Waals surface area contributed by atoms with Gasteiger partial charge in [-0.1, -0.05) is 41.5 Å². The molecular weight excluding hydrogens is 462 g/mol. The van der Waals surface area contributed by atoms with Gasteiger partial charge >= 0.3 is 31.1 Å². The number of aliphatic hydroxyl groups excluding tert-OH is 1. The number of hydrogen-bond acceptors (Lipinski definition) is 2. The normalized spacial score (nSPS) is 8.00. The Hall–Kier alpha value is -0.648. The molecule has 0 aliphatic heterocycles. The van der Waals surface area contributed by atoms with E-state index in [9.17, 15) is 4.79 Å². The maximum atomic E-state index is 10.8. The Bertz CT molecular complexity index is 306. The van der Waals surface area contributed by atoms with Gasteiger partial charge in [0.2, 0.25) is 0 Å². The van der Waals surface area contributed by atoms with E-state index in [1.807, 2.05) is 41.5 Å². The largest absolute Gasteiger partial charge is 2.00 e. The van der Waals surface area contributed by atoms with Crippen LogP contribution in [-0.2, 0) is 4.79 Å². The van der Waals surface area contributed by atoms with Crippen molar-refractivity contribution in [3.8, 4) is 0 Å². The first-order valence-corrected chi connectivity index (χ1v) is 6.43. The van der Waals surface area contributed by atoms with Crippen LogP contribution < -0.4 is 0 Å². The molecule has 0 aromatic heterocycles. The van der Waals surface area contributed by atoms with Crippen molar-refractivity contribution in [2.45, 2.75) is 41.5 Å². The molecule has 0 atom stereocenters. The quantitative estimate of drug-likeness (QED) is 0.367. The fraction of sp³-hybridized carbons (Fsp3) is 0.375. The van der Waals surface area contributed by atoms with Crippen molar-refractivity contribution in [2.75, 3.05) is 0 Å². The summed E-state index contributed by atoms with van der Waals surface area (Å²) in [5, 5.41) is 8.71. The number of hydrogen-bond donors (Lipinski definition) is 1. The van der Waals surface area contributed by atoms with Crippen molar-refractivity contribution >= 4 is 11.4 Å². The molecule has 0 unspecified atom stereocenters. The minimum absolute atomic E-state index is 0. The van der Waals surface area contributed by atoms with Gasteiger partial charge in [-0.05, 0) is 5.57 Å². The number of ketones is 1. The van der Waals surface area contributed by atoms with Crippen LogP contribution in [0.25, 0.3) is 5.57 Å². The third kappa shape index (κ3) is 13.6. The molecule has 0 aliphatic rings. The van der Waals surface area contributed by atoms with Crippen molar-refractivity contribution in [3.63, 3.8) is 0 Å². The Morgan fingerprint density at radius 3 is 1.89 bits per heavy atom. The second-order valence-electron chi connectivity index (χ2n) is 2.24. The minimum Gasteiger partial charge on any atom is -0.525 e. The molecule has 0 saturated heterocycles. The van der Waals surface area contributed by atoms with Gasteiger partial charge in [-0.2, -0.15) is 6.92 Å². The van der Waals surface area contributed by atoms with E-state index < -0.39 is 5.78 Å². The van der Waals surface area contributed by atoms with Crippen molar-refractivity contribution in [3.05, 3.63) is 49.1 Å². The van der Waals surface area contributed by atoms with Crippen LogP contribution in [0.3, 0.4) is 0 Å². The van der Waals surface area contributed by atoms with E-state index in [-0.39, 0.29) is 36.7 Å². The minimum atomic E-state index is -0.417. The zero-order valence-corrected chi connectivity index (χ0v) is 17.1. The summed E-state index contributed by atoms with van der Waals surface area (Å²) in [6, 6.07) is 9.71. The van der Waals surface area contributed by atoms with Crippen LogP contribution in [0.4, 0.5) is 0 Å². The van der Waals surface area contributed by atoms with Crippen LogP contribution in [0, 0.1) is 44.1 Å². The molecule has 1 N–H and O–H groups in total. The standard InChI is InChI=1S/C10H8O2.3C2H6.U/c1-8(12)10(7-11)9-5-3-2-4-6-9;3*1-2;/h2-5,7,11H,1H2;3*1-2H3;/q-2;;;;+2/b10-7+;;;;. The van der Waals surface area contributed by atoms with E-state index in [0.717, 1.165) is 6.26 Å². The second-order valence-corrected chi connectivity index (χ2v) is 2.24. The van der Waals surface area contributed by atoms with Gasteiger partial charge in [0.1, 0.15) is 0 Å². The molecule has 0 amide bonds. The van der Waals surface area contributed by atoms with E-state index in [4.69, 9.17) is 5.11 Å². The molecule has 3 heteroatoms. The Kier molecular flexibility index (Phi) is 31.8. The predicted octanol–water partition coefficient (Wildman–Crippen LogP) is 4.87. The van der Waals surface area contributed by atoms with Crippen LogP contribution in [0.2, 0.25) is 0 Å². The molecule has 1 aromatic rings. The van der Waals surface area contributed by atoms with Crippen LogP contribution in [-0.4, -0.2) is 10.9 Å².